The summed E-state index contributed by atoms with van der Waals surface area (Å²) < 4.78 is 72.4. The number of alkyl halides is 2. The van der Waals surface area contributed by atoms with Crippen molar-refractivity contribution in [2.45, 2.75) is 106 Å². The summed E-state index contributed by atoms with van der Waals surface area (Å²) in [6.07, 6.45) is 10.1. The number of ether oxygens (including phenoxy) is 2. The summed E-state index contributed by atoms with van der Waals surface area (Å²) in [5, 5.41) is 4.86. The summed E-state index contributed by atoms with van der Waals surface area (Å²) in [4.78, 5) is 65.8. The third kappa shape index (κ3) is 7.70. The number of allylic oxidation sites excluding steroid dienone is 3. The molecule has 3 N–H and O–H groups in total. The van der Waals surface area contributed by atoms with E-state index in [9.17, 15) is 27.6 Å². The van der Waals surface area contributed by atoms with Crippen LogP contribution in [-0.2, 0) is 35.1 Å². The van der Waals surface area contributed by atoms with Crippen LogP contribution in [-0.4, -0.2) is 89.7 Å². The quantitative estimate of drug-likeness (QED) is 0.381. The minimum Gasteiger partial charge on any atom is -0.470 e. The summed E-state index contributed by atoms with van der Waals surface area (Å²) in [7, 11) is -3.96. The van der Waals surface area contributed by atoms with E-state index in [-0.39, 0.29) is 50.0 Å². The van der Waals surface area contributed by atoms with Gasteiger partial charge in [0.2, 0.25) is 27.7 Å². The number of halogens is 2. The maximum atomic E-state index is 16.3. The van der Waals surface area contributed by atoms with Gasteiger partial charge in [-0.3, -0.25) is 19.1 Å². The zero-order valence-corrected chi connectivity index (χ0v) is 31.7. The second kappa shape index (κ2) is 14.7. The number of hydrogen-bond acceptors (Lipinski definition) is 10. The zero-order valence-electron chi connectivity index (χ0n) is 30.9. The standard InChI is InChI=1S/C39H46F2N6O8S/c40-39(41)19-9-18-37(16-8-17-37)23-54-36(51)44-29-13-5-3-1-2-4-10-24-20-38(24,35(50)46-56(52,53)25-14-15-25)45-32(48)26-21-47(34(29)49)22-30(26)55-33-31(39)42-27-11-6-7-12-28(27)43-33/h4,6-7,9-12,19,24-26,29-30H,1-3,5,8,13-18,20-23H2,(H,44,51)(H,45,48)(H,46,50)/b10-4+,19-9+/t24-,26?,29+,30+,38+/m1/s1. The van der Waals surface area contributed by atoms with Gasteiger partial charge >= 0.3 is 12.0 Å². The summed E-state index contributed by atoms with van der Waals surface area (Å²) in [5.74, 6) is -8.05. The van der Waals surface area contributed by atoms with Gasteiger partial charge in [0.25, 0.3) is 5.91 Å². The lowest BCUT2D eigenvalue weighted by Gasteiger charge is -2.40. The SMILES string of the molecule is O=C1N[C@H]2CCCCC/C=C/[C@@H]3C[C@]3(C(=O)NS(=O)(=O)C3CC3)NC(=O)C3CN(C[C@@H]3Oc3nc4ccccc4nc3C(F)(F)/C=C/CC3(CCC3)CO1)C2=O. The Hall–Kier alpha value is -4.67. The molecule has 14 nitrogen and oxygen atoms in total. The van der Waals surface area contributed by atoms with E-state index < -0.39 is 91.5 Å². The average Bonchev–Trinajstić information content (AvgIpc) is 4.07. The lowest BCUT2D eigenvalue weighted by atomic mass is 9.67. The van der Waals surface area contributed by atoms with E-state index >= 15 is 8.78 Å². The molecule has 56 heavy (non-hydrogen) atoms. The number of rotatable bonds is 3. The molecule has 1 saturated heterocycles. The van der Waals surface area contributed by atoms with Crippen molar-refractivity contribution in [3.05, 3.63) is 54.3 Å². The second-order valence-electron chi connectivity index (χ2n) is 16.2. The van der Waals surface area contributed by atoms with E-state index in [1.807, 2.05) is 6.08 Å². The van der Waals surface area contributed by atoms with Crippen molar-refractivity contribution in [3.8, 4) is 5.88 Å². The Kier molecular flexibility index (Phi) is 10.0. The number of nitrogens with zero attached hydrogens (tertiary/aromatic N) is 3. The number of hydrogen-bond donors (Lipinski definition) is 3. The molecular formula is C39H46F2N6O8S. The molecule has 4 fully saturated rings. The van der Waals surface area contributed by atoms with Crippen molar-refractivity contribution in [2.75, 3.05) is 19.7 Å². The Morgan fingerprint density at radius 2 is 1.73 bits per heavy atom. The van der Waals surface area contributed by atoms with Crippen LogP contribution in [0.15, 0.2) is 48.6 Å². The summed E-state index contributed by atoms with van der Waals surface area (Å²) >= 11 is 0. The van der Waals surface area contributed by atoms with Gasteiger partial charge in [-0.05, 0) is 76.0 Å². The predicted octanol–water partition coefficient (Wildman–Crippen LogP) is 4.16. The van der Waals surface area contributed by atoms with Crippen LogP contribution in [0.25, 0.3) is 11.0 Å². The smallest absolute Gasteiger partial charge is 0.407 e. The third-order valence-electron chi connectivity index (χ3n) is 12.1. The van der Waals surface area contributed by atoms with Crippen LogP contribution >= 0.6 is 0 Å². The van der Waals surface area contributed by atoms with Crippen LogP contribution in [0.5, 0.6) is 5.88 Å². The van der Waals surface area contributed by atoms with Crippen LogP contribution in [0.2, 0.25) is 0 Å². The first-order chi connectivity index (χ1) is 26.8. The van der Waals surface area contributed by atoms with Crippen molar-refractivity contribution < 1.29 is 45.9 Å². The molecule has 5 atom stereocenters. The summed E-state index contributed by atoms with van der Waals surface area (Å²) in [5.41, 5.74) is -2.43. The maximum absolute atomic E-state index is 16.3. The number of alkyl carbamates (subject to hydrolysis) is 1. The van der Waals surface area contributed by atoms with Crippen LogP contribution in [0.1, 0.15) is 82.7 Å². The minimum absolute atomic E-state index is 0.0154. The van der Waals surface area contributed by atoms with Gasteiger partial charge in [0.1, 0.15) is 17.7 Å². The van der Waals surface area contributed by atoms with Crippen molar-refractivity contribution >= 4 is 44.9 Å². The molecule has 1 aromatic carbocycles. The lowest BCUT2D eigenvalue weighted by Crippen LogP contribution is -2.55. The van der Waals surface area contributed by atoms with Gasteiger partial charge in [-0.1, -0.05) is 49.6 Å². The Labute approximate surface area is 323 Å². The number of para-hydroxylation sites is 2. The minimum atomic E-state index is -3.96. The fourth-order valence-electron chi connectivity index (χ4n) is 8.28. The third-order valence-corrected chi connectivity index (χ3v) is 13.9. The monoisotopic (exact) mass is 796 g/mol. The fraction of sp³-hybridized carbons (Fsp3) is 0.590. The molecule has 3 aliphatic carbocycles. The van der Waals surface area contributed by atoms with E-state index in [1.165, 1.54) is 11.0 Å². The van der Waals surface area contributed by atoms with Gasteiger partial charge in [0.15, 0.2) is 5.69 Å². The zero-order chi connectivity index (χ0) is 39.3. The number of amides is 4. The Morgan fingerprint density at radius 3 is 2.46 bits per heavy atom. The van der Waals surface area contributed by atoms with Gasteiger partial charge in [0, 0.05) is 17.9 Å². The number of fused-ring (bicyclic) bond motifs is 7. The molecule has 4 heterocycles. The maximum Gasteiger partial charge on any atom is 0.407 e. The molecule has 1 unspecified atom stereocenters. The first kappa shape index (κ1) is 38.2. The molecule has 4 bridgehead atoms. The summed E-state index contributed by atoms with van der Waals surface area (Å²) in [6.45, 7) is -0.517. The van der Waals surface area contributed by atoms with Gasteiger partial charge in [-0.2, -0.15) is 8.78 Å². The average molecular weight is 797 g/mol. The van der Waals surface area contributed by atoms with Gasteiger partial charge in [0.05, 0.1) is 35.4 Å². The highest BCUT2D eigenvalue weighted by Crippen LogP contribution is 2.47. The normalized spacial score (nSPS) is 31.8. The molecule has 6 aliphatic rings. The molecule has 17 heteroatoms. The van der Waals surface area contributed by atoms with Crippen LogP contribution < -0.4 is 20.1 Å². The second-order valence-corrected chi connectivity index (χ2v) is 18.2. The molecular weight excluding hydrogens is 751 g/mol. The molecule has 2 aromatic rings. The Balaban J connectivity index is 1.18. The highest BCUT2D eigenvalue weighted by atomic mass is 32.2. The van der Waals surface area contributed by atoms with Crippen molar-refractivity contribution in [1.82, 2.24) is 30.2 Å². The molecule has 1 aromatic heterocycles. The molecule has 3 aliphatic heterocycles. The van der Waals surface area contributed by atoms with E-state index in [4.69, 9.17) is 9.47 Å². The highest BCUT2D eigenvalue weighted by molar-refractivity contribution is 7.91. The van der Waals surface area contributed by atoms with Crippen molar-refractivity contribution in [3.63, 3.8) is 0 Å². The Bertz CT molecular complexity index is 2090. The molecule has 4 amide bonds. The highest BCUT2D eigenvalue weighted by Gasteiger charge is 2.62. The van der Waals surface area contributed by atoms with E-state index in [0.717, 1.165) is 25.3 Å². The van der Waals surface area contributed by atoms with Gasteiger partial charge in [-0.15, -0.1) is 0 Å². The number of nitrogens with one attached hydrogen (secondary N) is 3. The summed E-state index contributed by atoms with van der Waals surface area (Å²) in [6, 6.07) is 5.45. The first-order valence-corrected chi connectivity index (χ1v) is 21.1. The van der Waals surface area contributed by atoms with Crippen LogP contribution in [0.4, 0.5) is 13.6 Å². The van der Waals surface area contributed by atoms with Gasteiger partial charge in [-0.25, -0.2) is 23.2 Å². The number of cyclic esters (lactones) is 1. The number of aromatic nitrogens is 2. The van der Waals surface area contributed by atoms with Crippen LogP contribution in [0.3, 0.4) is 0 Å². The lowest BCUT2D eigenvalue weighted by molar-refractivity contribution is -0.134. The van der Waals surface area contributed by atoms with E-state index in [1.54, 1.807) is 30.3 Å². The number of carbonyl (C=O) groups is 4. The van der Waals surface area contributed by atoms with Crippen molar-refractivity contribution in [2.24, 2.45) is 17.3 Å². The molecule has 8 rings (SSSR count). The topological polar surface area (TPSA) is 186 Å². The number of carbonyl (C=O) groups excluding carboxylic acids is 4. The Morgan fingerprint density at radius 1 is 0.964 bits per heavy atom. The van der Waals surface area contributed by atoms with Gasteiger partial charge < -0.3 is 25.0 Å². The van der Waals surface area contributed by atoms with E-state index in [0.29, 0.717) is 38.5 Å². The molecule has 300 valence electrons. The first-order valence-electron chi connectivity index (χ1n) is 19.5. The predicted molar refractivity (Wildman–Crippen MR) is 198 cm³/mol. The fourth-order valence-corrected chi connectivity index (χ4v) is 9.64. The van der Waals surface area contributed by atoms with Crippen molar-refractivity contribution in [1.29, 1.82) is 0 Å². The van der Waals surface area contributed by atoms with Crippen LogP contribution in [0, 0.1) is 17.3 Å². The number of benzene rings is 1. The largest absolute Gasteiger partial charge is 0.470 e. The molecule has 1 spiro atoms. The van der Waals surface area contributed by atoms with E-state index in [2.05, 4.69) is 25.3 Å². The molecule has 3 saturated carbocycles. The molecule has 0 radical (unpaired) electrons. The number of sulfonamides is 1.